The number of carbonyl (C=O) groups is 1. The monoisotopic (exact) mass is 429 g/mol. The summed E-state index contributed by atoms with van der Waals surface area (Å²) in [6.07, 6.45) is 1.30. The molecule has 1 aromatic rings. The van der Waals surface area contributed by atoms with Crippen molar-refractivity contribution in [3.8, 4) is 0 Å². The van der Waals surface area contributed by atoms with Gasteiger partial charge in [-0.15, -0.1) is 12.4 Å². The maximum absolute atomic E-state index is 12.7. The molecule has 1 saturated heterocycles. The highest BCUT2D eigenvalue weighted by atomic mass is 35.5. The standard InChI is InChI=1S/C15H21Cl2N3O3S.ClH/c16-13-4-1-5-14(17)12(13)10-24(22,23)20-8-2-3-11(9-20)15(21)19-7-6-18;/h1,4-5,11H,2-3,6-10,18H2,(H,19,21);1H. The van der Waals surface area contributed by atoms with Crippen LogP contribution < -0.4 is 11.1 Å². The van der Waals surface area contributed by atoms with Gasteiger partial charge in [-0.3, -0.25) is 4.79 Å². The van der Waals surface area contributed by atoms with E-state index in [-0.39, 0.29) is 36.5 Å². The lowest BCUT2D eigenvalue weighted by Crippen LogP contribution is -2.46. The molecule has 0 bridgehead atoms. The molecule has 0 radical (unpaired) electrons. The van der Waals surface area contributed by atoms with Gasteiger partial charge in [-0.25, -0.2) is 12.7 Å². The molecule has 1 aliphatic rings. The van der Waals surface area contributed by atoms with Gasteiger partial charge in [-0.2, -0.15) is 0 Å². The first-order chi connectivity index (χ1) is 11.3. The maximum atomic E-state index is 12.7. The molecular formula is C15H22Cl3N3O3S. The van der Waals surface area contributed by atoms with Gasteiger partial charge in [0.15, 0.2) is 0 Å². The van der Waals surface area contributed by atoms with E-state index in [4.69, 9.17) is 28.9 Å². The van der Waals surface area contributed by atoms with E-state index >= 15 is 0 Å². The van der Waals surface area contributed by atoms with Crippen molar-refractivity contribution < 1.29 is 13.2 Å². The number of piperidine rings is 1. The molecule has 10 heteroatoms. The van der Waals surface area contributed by atoms with Gasteiger partial charge in [0.25, 0.3) is 0 Å². The first-order valence-electron chi connectivity index (χ1n) is 7.73. The average Bonchev–Trinajstić information content (AvgIpc) is 2.56. The highest BCUT2D eigenvalue weighted by molar-refractivity contribution is 7.88. The molecule has 1 aromatic carbocycles. The molecule has 1 aliphatic heterocycles. The number of benzene rings is 1. The molecule has 1 heterocycles. The van der Waals surface area contributed by atoms with E-state index in [1.807, 2.05) is 0 Å². The summed E-state index contributed by atoms with van der Waals surface area (Å²) in [6, 6.07) is 4.88. The summed E-state index contributed by atoms with van der Waals surface area (Å²) in [5, 5.41) is 3.35. The van der Waals surface area contributed by atoms with Crippen LogP contribution in [0.3, 0.4) is 0 Å². The number of rotatable bonds is 6. The number of amides is 1. The minimum Gasteiger partial charge on any atom is -0.355 e. The van der Waals surface area contributed by atoms with Gasteiger partial charge < -0.3 is 11.1 Å². The van der Waals surface area contributed by atoms with Crippen LogP contribution in [-0.2, 0) is 20.6 Å². The van der Waals surface area contributed by atoms with Crippen LogP contribution in [0.15, 0.2) is 18.2 Å². The Kier molecular flexibility index (Phi) is 8.94. The molecule has 142 valence electrons. The molecule has 2 rings (SSSR count). The summed E-state index contributed by atoms with van der Waals surface area (Å²) < 4.78 is 26.7. The Morgan fingerprint density at radius 2 is 1.96 bits per heavy atom. The van der Waals surface area contributed by atoms with E-state index < -0.39 is 10.0 Å². The quantitative estimate of drug-likeness (QED) is 0.722. The molecule has 0 spiro atoms. The lowest BCUT2D eigenvalue weighted by Gasteiger charge is -2.31. The second kappa shape index (κ2) is 9.94. The Balaban J connectivity index is 0.00000312. The minimum atomic E-state index is -3.61. The van der Waals surface area contributed by atoms with E-state index in [0.717, 1.165) is 0 Å². The molecule has 3 N–H and O–H groups in total. The Morgan fingerprint density at radius 3 is 2.56 bits per heavy atom. The van der Waals surface area contributed by atoms with Crippen molar-refractivity contribution in [1.82, 2.24) is 9.62 Å². The largest absolute Gasteiger partial charge is 0.355 e. The van der Waals surface area contributed by atoms with Gasteiger partial charge in [-0.05, 0) is 25.0 Å². The molecule has 1 fully saturated rings. The number of hydrogen-bond donors (Lipinski definition) is 2. The Morgan fingerprint density at radius 1 is 1.32 bits per heavy atom. The van der Waals surface area contributed by atoms with Crippen molar-refractivity contribution in [3.63, 3.8) is 0 Å². The second-order valence-electron chi connectivity index (χ2n) is 5.73. The van der Waals surface area contributed by atoms with Gasteiger partial charge in [0.05, 0.1) is 11.7 Å². The summed E-state index contributed by atoms with van der Waals surface area (Å²) >= 11 is 12.1. The molecular weight excluding hydrogens is 409 g/mol. The predicted molar refractivity (Wildman–Crippen MR) is 103 cm³/mol. The van der Waals surface area contributed by atoms with Crippen molar-refractivity contribution in [3.05, 3.63) is 33.8 Å². The highest BCUT2D eigenvalue weighted by Gasteiger charge is 2.32. The summed E-state index contributed by atoms with van der Waals surface area (Å²) in [7, 11) is -3.61. The van der Waals surface area contributed by atoms with E-state index in [9.17, 15) is 13.2 Å². The first-order valence-corrected chi connectivity index (χ1v) is 10.1. The van der Waals surface area contributed by atoms with Crippen molar-refractivity contribution in [2.75, 3.05) is 26.2 Å². The zero-order valence-corrected chi connectivity index (χ0v) is 16.7. The molecule has 6 nitrogen and oxygen atoms in total. The third kappa shape index (κ3) is 5.98. The molecule has 1 amide bonds. The van der Waals surface area contributed by atoms with Crippen molar-refractivity contribution in [2.24, 2.45) is 11.7 Å². The predicted octanol–water partition coefficient (Wildman–Crippen LogP) is 2.03. The fourth-order valence-corrected chi connectivity index (χ4v) is 5.05. The third-order valence-corrected chi connectivity index (χ3v) is 6.46. The minimum absolute atomic E-state index is 0. The zero-order valence-electron chi connectivity index (χ0n) is 13.6. The fourth-order valence-electron chi connectivity index (χ4n) is 2.69. The van der Waals surface area contributed by atoms with Crippen LogP contribution in [0.1, 0.15) is 18.4 Å². The summed E-state index contributed by atoms with van der Waals surface area (Å²) in [4.78, 5) is 12.1. The first kappa shape index (κ1) is 22.5. The van der Waals surface area contributed by atoms with Gasteiger partial charge in [0.1, 0.15) is 0 Å². The van der Waals surface area contributed by atoms with Crippen LogP contribution in [0.2, 0.25) is 10.0 Å². The van der Waals surface area contributed by atoms with E-state index in [1.54, 1.807) is 18.2 Å². The van der Waals surface area contributed by atoms with E-state index in [1.165, 1.54) is 4.31 Å². The third-order valence-electron chi connectivity index (χ3n) is 3.98. The van der Waals surface area contributed by atoms with Crippen LogP contribution in [0.5, 0.6) is 0 Å². The van der Waals surface area contributed by atoms with E-state index in [0.29, 0.717) is 48.1 Å². The Bertz CT molecular complexity index is 680. The van der Waals surface area contributed by atoms with Gasteiger partial charge in [-0.1, -0.05) is 29.3 Å². The number of nitrogens with one attached hydrogen (secondary N) is 1. The summed E-state index contributed by atoms with van der Waals surface area (Å²) in [5.41, 5.74) is 5.76. The van der Waals surface area contributed by atoms with Crippen LogP contribution in [-0.4, -0.2) is 44.8 Å². The molecule has 0 saturated carbocycles. The van der Waals surface area contributed by atoms with E-state index in [2.05, 4.69) is 5.32 Å². The van der Waals surface area contributed by atoms with Crippen LogP contribution in [0.25, 0.3) is 0 Å². The average molecular weight is 431 g/mol. The van der Waals surface area contributed by atoms with Crippen molar-refractivity contribution >= 4 is 51.5 Å². The molecule has 25 heavy (non-hydrogen) atoms. The van der Waals surface area contributed by atoms with Gasteiger partial charge >= 0.3 is 0 Å². The second-order valence-corrected chi connectivity index (χ2v) is 8.52. The van der Waals surface area contributed by atoms with Crippen LogP contribution >= 0.6 is 35.6 Å². The Labute approximate surface area is 164 Å². The summed E-state index contributed by atoms with van der Waals surface area (Å²) in [5.74, 6) is -0.791. The van der Waals surface area contributed by atoms with Gasteiger partial charge in [0, 0.05) is 41.8 Å². The molecule has 1 atom stereocenters. The Hall–Kier alpha value is -0.570. The van der Waals surface area contributed by atoms with Gasteiger partial charge in [0.2, 0.25) is 15.9 Å². The normalized spacial score (nSPS) is 18.4. The highest BCUT2D eigenvalue weighted by Crippen LogP contribution is 2.28. The molecule has 0 aromatic heterocycles. The maximum Gasteiger partial charge on any atom is 0.224 e. The number of nitrogens with two attached hydrogens (primary N) is 1. The zero-order chi connectivity index (χ0) is 17.7. The summed E-state index contributed by atoms with van der Waals surface area (Å²) in [6.45, 7) is 1.30. The topological polar surface area (TPSA) is 92.5 Å². The van der Waals surface area contributed by atoms with Crippen molar-refractivity contribution in [1.29, 1.82) is 0 Å². The number of nitrogens with zero attached hydrogens (tertiary/aromatic N) is 1. The number of hydrogen-bond acceptors (Lipinski definition) is 4. The smallest absolute Gasteiger partial charge is 0.224 e. The molecule has 0 aliphatic carbocycles. The lowest BCUT2D eigenvalue weighted by atomic mass is 9.99. The number of halogens is 3. The van der Waals surface area contributed by atoms with Crippen molar-refractivity contribution in [2.45, 2.75) is 18.6 Å². The fraction of sp³-hybridized carbons (Fsp3) is 0.533. The lowest BCUT2D eigenvalue weighted by molar-refractivity contribution is -0.126. The van der Waals surface area contributed by atoms with Crippen LogP contribution in [0.4, 0.5) is 0 Å². The SMILES string of the molecule is Cl.NCCNC(=O)C1CCCN(S(=O)(=O)Cc2c(Cl)cccc2Cl)C1. The number of carbonyl (C=O) groups excluding carboxylic acids is 1. The number of sulfonamides is 1. The molecule has 1 unspecified atom stereocenters. The van der Waals surface area contributed by atoms with Crippen LogP contribution in [0, 0.1) is 5.92 Å².